The molecule has 1 aromatic heterocycles. The van der Waals surface area contributed by atoms with E-state index in [4.69, 9.17) is 11.6 Å². The average Bonchev–Trinajstić information content (AvgIpc) is 2.92. The predicted octanol–water partition coefficient (Wildman–Crippen LogP) is 3.61. The quantitative estimate of drug-likeness (QED) is 0.876. The minimum absolute atomic E-state index is 0.693. The van der Waals surface area contributed by atoms with Gasteiger partial charge in [0.1, 0.15) is 0 Å². The summed E-state index contributed by atoms with van der Waals surface area (Å²) in [7, 11) is 0. The smallest absolute Gasteiger partial charge is 0.0945 e. The zero-order valence-electron chi connectivity index (χ0n) is 11.1. The number of aromatic nitrogens is 2. The van der Waals surface area contributed by atoms with Crippen molar-refractivity contribution in [3.05, 3.63) is 53.6 Å². The molecule has 0 saturated carbocycles. The number of rotatable bonds is 6. The van der Waals surface area contributed by atoms with E-state index >= 15 is 0 Å². The number of aryl methyl sites for hydroxylation is 1. The van der Waals surface area contributed by atoms with Crippen molar-refractivity contribution in [3.63, 3.8) is 0 Å². The van der Waals surface area contributed by atoms with Gasteiger partial charge in [-0.15, -0.1) is 0 Å². The summed E-state index contributed by atoms with van der Waals surface area (Å²) in [6.07, 6.45) is 7.83. The first-order valence-electron chi connectivity index (χ1n) is 6.58. The van der Waals surface area contributed by atoms with E-state index in [-0.39, 0.29) is 0 Å². The Hall–Kier alpha value is -1.32. The molecule has 0 aliphatic carbocycles. The molecule has 0 radical (unpaired) electrons. The standard InChI is InChI=1S/C15H19ClN2O/c1-2-15(19,13-4-6-14(16)7-5-13)8-3-10-18-11-9-17-12-18/h4-7,9,11-12,19H,2-3,8,10H2,1H3. The van der Waals surface area contributed by atoms with E-state index in [0.717, 1.165) is 24.9 Å². The normalized spacial score (nSPS) is 14.3. The Morgan fingerprint density at radius 1 is 1.32 bits per heavy atom. The van der Waals surface area contributed by atoms with Gasteiger partial charge in [-0.1, -0.05) is 30.7 Å². The fourth-order valence-corrected chi connectivity index (χ4v) is 2.38. The van der Waals surface area contributed by atoms with Crippen LogP contribution in [0.2, 0.25) is 5.02 Å². The topological polar surface area (TPSA) is 38.0 Å². The van der Waals surface area contributed by atoms with Crippen molar-refractivity contribution in [1.82, 2.24) is 9.55 Å². The SMILES string of the molecule is CCC(O)(CCCn1ccnc1)c1ccc(Cl)cc1. The van der Waals surface area contributed by atoms with Crippen molar-refractivity contribution in [2.24, 2.45) is 0 Å². The van der Waals surface area contributed by atoms with Crippen LogP contribution in [0, 0.1) is 0 Å². The van der Waals surface area contributed by atoms with Crippen LogP contribution in [0.5, 0.6) is 0 Å². The summed E-state index contributed by atoms with van der Waals surface area (Å²) in [6.45, 7) is 2.88. The third kappa shape index (κ3) is 3.58. The molecular weight excluding hydrogens is 260 g/mol. The highest BCUT2D eigenvalue weighted by Gasteiger charge is 2.26. The Balaban J connectivity index is 1.99. The molecule has 1 aromatic carbocycles. The van der Waals surface area contributed by atoms with Crippen molar-refractivity contribution >= 4 is 11.6 Å². The monoisotopic (exact) mass is 278 g/mol. The number of nitrogens with zero attached hydrogens (tertiary/aromatic N) is 2. The fourth-order valence-electron chi connectivity index (χ4n) is 2.26. The Morgan fingerprint density at radius 3 is 2.63 bits per heavy atom. The van der Waals surface area contributed by atoms with Crippen molar-refractivity contribution in [2.45, 2.75) is 38.3 Å². The molecule has 0 amide bonds. The lowest BCUT2D eigenvalue weighted by Crippen LogP contribution is -2.25. The van der Waals surface area contributed by atoms with Crippen LogP contribution in [0.1, 0.15) is 31.7 Å². The third-order valence-corrected chi connectivity index (χ3v) is 3.78. The summed E-state index contributed by atoms with van der Waals surface area (Å²) in [4.78, 5) is 4.01. The first kappa shape index (κ1) is 14.1. The molecule has 0 spiro atoms. The summed E-state index contributed by atoms with van der Waals surface area (Å²) in [6, 6.07) is 7.47. The summed E-state index contributed by atoms with van der Waals surface area (Å²) >= 11 is 5.88. The van der Waals surface area contributed by atoms with Crippen molar-refractivity contribution in [1.29, 1.82) is 0 Å². The summed E-state index contributed by atoms with van der Waals surface area (Å²) < 4.78 is 2.03. The molecule has 1 heterocycles. The Kier molecular flexibility index (Phi) is 4.61. The van der Waals surface area contributed by atoms with Gasteiger partial charge in [0.25, 0.3) is 0 Å². The number of hydrogen-bond acceptors (Lipinski definition) is 2. The van der Waals surface area contributed by atoms with Gasteiger partial charge in [-0.25, -0.2) is 4.98 Å². The van der Waals surface area contributed by atoms with Crippen molar-refractivity contribution in [2.75, 3.05) is 0 Å². The van der Waals surface area contributed by atoms with E-state index < -0.39 is 5.60 Å². The second-order valence-corrected chi connectivity index (χ2v) is 5.23. The third-order valence-electron chi connectivity index (χ3n) is 3.53. The van der Waals surface area contributed by atoms with Crippen LogP contribution in [0.3, 0.4) is 0 Å². The van der Waals surface area contributed by atoms with E-state index in [1.165, 1.54) is 0 Å². The van der Waals surface area contributed by atoms with Gasteiger partial charge in [-0.3, -0.25) is 0 Å². The second-order valence-electron chi connectivity index (χ2n) is 4.80. The molecule has 1 N–H and O–H groups in total. The molecule has 2 aromatic rings. The number of imidazole rings is 1. The zero-order valence-corrected chi connectivity index (χ0v) is 11.8. The van der Waals surface area contributed by atoms with Crippen LogP contribution in [0.25, 0.3) is 0 Å². The molecule has 102 valence electrons. The van der Waals surface area contributed by atoms with E-state index in [2.05, 4.69) is 4.98 Å². The lowest BCUT2D eigenvalue weighted by molar-refractivity contribution is 0.0202. The Labute approximate surface area is 118 Å². The van der Waals surface area contributed by atoms with Gasteiger partial charge >= 0.3 is 0 Å². The Morgan fingerprint density at radius 2 is 2.05 bits per heavy atom. The van der Waals surface area contributed by atoms with Gasteiger partial charge in [0.2, 0.25) is 0 Å². The number of hydrogen-bond donors (Lipinski definition) is 1. The molecule has 0 aliphatic heterocycles. The minimum atomic E-state index is -0.773. The molecular formula is C15H19ClN2O. The van der Waals surface area contributed by atoms with Gasteiger partial charge in [-0.05, 0) is 37.0 Å². The van der Waals surface area contributed by atoms with Gasteiger partial charge in [-0.2, -0.15) is 0 Å². The van der Waals surface area contributed by atoms with E-state index in [9.17, 15) is 5.11 Å². The van der Waals surface area contributed by atoms with Crippen LogP contribution in [-0.2, 0) is 12.1 Å². The maximum absolute atomic E-state index is 10.7. The van der Waals surface area contributed by atoms with E-state index in [1.54, 1.807) is 12.5 Å². The largest absolute Gasteiger partial charge is 0.385 e. The summed E-state index contributed by atoms with van der Waals surface area (Å²) in [5, 5.41) is 11.4. The predicted molar refractivity (Wildman–Crippen MR) is 77.1 cm³/mol. The lowest BCUT2D eigenvalue weighted by atomic mass is 9.87. The summed E-state index contributed by atoms with van der Waals surface area (Å²) in [5.74, 6) is 0. The molecule has 0 saturated heterocycles. The fraction of sp³-hybridized carbons (Fsp3) is 0.400. The van der Waals surface area contributed by atoms with Crippen LogP contribution < -0.4 is 0 Å². The molecule has 1 unspecified atom stereocenters. The first-order valence-corrected chi connectivity index (χ1v) is 6.96. The molecule has 2 rings (SSSR count). The van der Waals surface area contributed by atoms with E-state index in [0.29, 0.717) is 11.4 Å². The second kappa shape index (κ2) is 6.22. The van der Waals surface area contributed by atoms with Gasteiger partial charge < -0.3 is 9.67 Å². The highest BCUT2D eigenvalue weighted by Crippen LogP contribution is 2.31. The summed E-state index contributed by atoms with van der Waals surface area (Å²) in [5.41, 5.74) is 0.163. The first-order chi connectivity index (χ1) is 9.14. The molecule has 0 fully saturated rings. The molecule has 0 aliphatic rings. The molecule has 1 atom stereocenters. The number of benzene rings is 1. The van der Waals surface area contributed by atoms with Crippen LogP contribution in [-0.4, -0.2) is 14.7 Å². The van der Waals surface area contributed by atoms with Crippen LogP contribution in [0.4, 0.5) is 0 Å². The van der Waals surface area contributed by atoms with Crippen molar-refractivity contribution < 1.29 is 5.11 Å². The highest BCUT2D eigenvalue weighted by atomic mass is 35.5. The van der Waals surface area contributed by atoms with Crippen molar-refractivity contribution in [3.8, 4) is 0 Å². The van der Waals surface area contributed by atoms with Gasteiger partial charge in [0.05, 0.1) is 11.9 Å². The molecule has 0 bridgehead atoms. The number of aliphatic hydroxyl groups is 1. The minimum Gasteiger partial charge on any atom is -0.385 e. The molecule has 19 heavy (non-hydrogen) atoms. The maximum Gasteiger partial charge on any atom is 0.0945 e. The highest BCUT2D eigenvalue weighted by molar-refractivity contribution is 6.30. The van der Waals surface area contributed by atoms with Gasteiger partial charge in [0, 0.05) is 24.0 Å². The maximum atomic E-state index is 10.7. The lowest BCUT2D eigenvalue weighted by Gasteiger charge is -2.27. The molecule has 4 heteroatoms. The average molecular weight is 279 g/mol. The molecule has 3 nitrogen and oxygen atoms in total. The van der Waals surface area contributed by atoms with Crippen LogP contribution >= 0.6 is 11.6 Å². The van der Waals surface area contributed by atoms with Crippen LogP contribution in [0.15, 0.2) is 43.0 Å². The zero-order chi connectivity index (χ0) is 13.7. The Bertz CT molecular complexity index is 495. The van der Waals surface area contributed by atoms with E-state index in [1.807, 2.05) is 42.0 Å². The van der Waals surface area contributed by atoms with Gasteiger partial charge in [0.15, 0.2) is 0 Å². The number of halogens is 1.